The second-order valence-electron chi connectivity index (χ2n) is 8.36. The lowest BCUT2D eigenvalue weighted by Gasteiger charge is -2.14. The van der Waals surface area contributed by atoms with E-state index in [1.807, 2.05) is 31.3 Å². The number of imidazole rings is 1. The van der Waals surface area contributed by atoms with Crippen molar-refractivity contribution in [2.45, 2.75) is 40.0 Å². The molecule has 5 rings (SSSR count). The number of fused-ring (bicyclic) bond motifs is 3. The Bertz CT molecular complexity index is 1320. The molecule has 0 saturated carbocycles. The molecule has 2 aromatic heterocycles. The van der Waals surface area contributed by atoms with Crippen molar-refractivity contribution in [1.29, 1.82) is 0 Å². The van der Waals surface area contributed by atoms with Crippen LogP contribution < -0.4 is 0 Å². The monoisotopic (exact) mass is 430 g/mol. The van der Waals surface area contributed by atoms with Crippen LogP contribution in [0.1, 0.15) is 28.2 Å². The van der Waals surface area contributed by atoms with E-state index >= 15 is 0 Å². The van der Waals surface area contributed by atoms with Crippen LogP contribution in [0.2, 0.25) is 0 Å². The summed E-state index contributed by atoms with van der Waals surface area (Å²) in [7, 11) is 1.85. The first kappa shape index (κ1) is 20.5. The molecule has 0 atom stereocenters. The summed E-state index contributed by atoms with van der Waals surface area (Å²) < 4.78 is 15.0. The molecule has 0 bridgehead atoms. The summed E-state index contributed by atoms with van der Waals surface area (Å²) in [5.74, 6) is 0.661. The lowest BCUT2D eigenvalue weighted by atomic mass is 10.0. The maximum absolute atomic E-state index is 12.5. The first-order valence-corrected chi connectivity index (χ1v) is 10.8. The number of aryl methyl sites for hydroxylation is 3. The molecular formula is C25H26N4O3. The smallest absolute Gasteiger partial charge is 0.312 e. The maximum Gasteiger partial charge on any atom is 0.312 e. The van der Waals surface area contributed by atoms with E-state index in [-0.39, 0.29) is 19.0 Å². The van der Waals surface area contributed by atoms with Crippen molar-refractivity contribution in [3.8, 4) is 11.3 Å². The van der Waals surface area contributed by atoms with Gasteiger partial charge in [-0.05, 0) is 43.2 Å². The minimum absolute atomic E-state index is 0.173. The third-order valence-electron chi connectivity index (χ3n) is 5.94. The van der Waals surface area contributed by atoms with E-state index in [0.717, 1.165) is 45.9 Å². The number of carbonyl (C=O) groups is 1. The molecule has 1 aliphatic heterocycles. The quantitative estimate of drug-likeness (QED) is 0.450. The fourth-order valence-corrected chi connectivity index (χ4v) is 4.26. The third kappa shape index (κ3) is 3.91. The third-order valence-corrected chi connectivity index (χ3v) is 5.94. The van der Waals surface area contributed by atoms with E-state index in [0.29, 0.717) is 13.2 Å². The Morgan fingerprint density at radius 2 is 2.03 bits per heavy atom. The highest BCUT2D eigenvalue weighted by Gasteiger charge is 2.16. The Labute approximate surface area is 186 Å². The Morgan fingerprint density at radius 1 is 1.16 bits per heavy atom. The molecule has 7 nitrogen and oxygen atoms in total. The summed E-state index contributed by atoms with van der Waals surface area (Å²) in [5.41, 5.74) is 8.06. The first-order chi connectivity index (χ1) is 15.5. The Balaban J connectivity index is 1.26. The summed E-state index contributed by atoms with van der Waals surface area (Å²) in [4.78, 5) is 17.2. The van der Waals surface area contributed by atoms with Gasteiger partial charge in [-0.1, -0.05) is 29.8 Å². The molecule has 164 valence electrons. The highest BCUT2D eigenvalue weighted by atomic mass is 16.5. The zero-order valence-corrected chi connectivity index (χ0v) is 18.6. The van der Waals surface area contributed by atoms with Gasteiger partial charge in [0, 0.05) is 24.8 Å². The van der Waals surface area contributed by atoms with Crippen molar-refractivity contribution in [3.05, 3.63) is 70.7 Å². The Morgan fingerprint density at radius 3 is 2.88 bits per heavy atom. The van der Waals surface area contributed by atoms with Crippen LogP contribution in [0.4, 0.5) is 0 Å². The highest BCUT2D eigenvalue weighted by molar-refractivity contribution is 5.77. The molecule has 3 heterocycles. The van der Waals surface area contributed by atoms with Gasteiger partial charge in [0.1, 0.15) is 19.0 Å². The number of benzene rings is 2. The number of esters is 1. The van der Waals surface area contributed by atoms with Crippen molar-refractivity contribution < 1.29 is 14.3 Å². The van der Waals surface area contributed by atoms with Gasteiger partial charge in [-0.3, -0.25) is 9.48 Å². The molecule has 7 heteroatoms. The van der Waals surface area contributed by atoms with Crippen molar-refractivity contribution in [1.82, 2.24) is 19.3 Å². The fraction of sp³-hybridized carbons (Fsp3) is 0.320. The second kappa shape index (κ2) is 8.24. The molecule has 0 spiro atoms. The van der Waals surface area contributed by atoms with Crippen molar-refractivity contribution in [2.24, 2.45) is 7.05 Å². The van der Waals surface area contributed by atoms with Crippen LogP contribution in [-0.2, 0) is 47.5 Å². The minimum Gasteiger partial charge on any atom is -0.461 e. The first-order valence-electron chi connectivity index (χ1n) is 10.8. The molecule has 0 radical (unpaired) electrons. The SMILES string of the molecule is Cc1ccc(-c2cc(CC(=O)OCc3ccc4c(c3)nc3n4CCOC3)n(C)n2)c(C)c1. The van der Waals surface area contributed by atoms with Gasteiger partial charge in [0.15, 0.2) is 0 Å². The Kier molecular flexibility index (Phi) is 5.27. The van der Waals surface area contributed by atoms with Gasteiger partial charge in [0.05, 0.1) is 29.8 Å². The number of aromatic nitrogens is 4. The summed E-state index contributed by atoms with van der Waals surface area (Å²) in [6, 6.07) is 14.3. The molecule has 4 aromatic rings. The molecule has 1 aliphatic rings. The van der Waals surface area contributed by atoms with E-state index in [2.05, 4.69) is 46.7 Å². The molecule has 2 aromatic carbocycles. The van der Waals surface area contributed by atoms with Crippen molar-refractivity contribution in [3.63, 3.8) is 0 Å². The predicted octanol–water partition coefficient (Wildman–Crippen LogP) is 3.87. The van der Waals surface area contributed by atoms with Crippen LogP contribution in [0.3, 0.4) is 0 Å². The van der Waals surface area contributed by atoms with Gasteiger partial charge in [-0.2, -0.15) is 5.10 Å². The second-order valence-corrected chi connectivity index (χ2v) is 8.36. The number of hydrogen-bond acceptors (Lipinski definition) is 5. The molecule has 0 N–H and O–H groups in total. The van der Waals surface area contributed by atoms with E-state index in [9.17, 15) is 4.79 Å². The van der Waals surface area contributed by atoms with E-state index in [4.69, 9.17) is 9.47 Å². The summed E-state index contributed by atoms with van der Waals surface area (Å²) >= 11 is 0. The molecular weight excluding hydrogens is 404 g/mol. The average molecular weight is 431 g/mol. The molecule has 0 saturated heterocycles. The maximum atomic E-state index is 12.5. The lowest BCUT2D eigenvalue weighted by molar-refractivity contribution is -0.144. The summed E-state index contributed by atoms with van der Waals surface area (Å²) in [6.45, 7) is 6.42. The predicted molar refractivity (Wildman–Crippen MR) is 121 cm³/mol. The lowest BCUT2D eigenvalue weighted by Crippen LogP contribution is -2.16. The van der Waals surface area contributed by atoms with Crippen molar-refractivity contribution >= 4 is 17.0 Å². The van der Waals surface area contributed by atoms with Gasteiger partial charge in [0.25, 0.3) is 0 Å². The standard InChI is InChI=1S/C25H26N4O3/c1-16-4-6-20(17(2)10-16)21-12-19(28(3)27-21)13-25(30)32-14-18-5-7-23-22(11-18)26-24-15-31-9-8-29(23)24/h4-7,10-12H,8-9,13-15H2,1-3H3. The molecule has 32 heavy (non-hydrogen) atoms. The number of hydrogen-bond donors (Lipinski definition) is 0. The highest BCUT2D eigenvalue weighted by Crippen LogP contribution is 2.24. The van der Waals surface area contributed by atoms with Gasteiger partial charge in [-0.25, -0.2) is 4.98 Å². The van der Waals surface area contributed by atoms with Crippen LogP contribution in [0, 0.1) is 13.8 Å². The summed E-state index contributed by atoms with van der Waals surface area (Å²) in [6.07, 6.45) is 0.173. The number of carbonyl (C=O) groups excluding carboxylic acids is 1. The van der Waals surface area contributed by atoms with Crippen molar-refractivity contribution in [2.75, 3.05) is 6.61 Å². The molecule has 0 amide bonds. The zero-order chi connectivity index (χ0) is 22.2. The molecule has 0 fully saturated rings. The molecule has 0 aliphatic carbocycles. The van der Waals surface area contributed by atoms with Gasteiger partial charge >= 0.3 is 5.97 Å². The van der Waals surface area contributed by atoms with Crippen LogP contribution in [-0.4, -0.2) is 31.9 Å². The van der Waals surface area contributed by atoms with Crippen LogP contribution in [0.15, 0.2) is 42.5 Å². The van der Waals surface area contributed by atoms with Gasteiger partial charge in [0.2, 0.25) is 0 Å². The minimum atomic E-state index is -0.280. The Hall–Kier alpha value is -3.45. The number of ether oxygens (including phenoxy) is 2. The van der Waals surface area contributed by atoms with Crippen LogP contribution >= 0.6 is 0 Å². The van der Waals surface area contributed by atoms with Crippen LogP contribution in [0.25, 0.3) is 22.3 Å². The number of rotatable bonds is 5. The molecule has 0 unspecified atom stereocenters. The van der Waals surface area contributed by atoms with E-state index in [1.165, 1.54) is 11.1 Å². The normalized spacial score (nSPS) is 13.3. The van der Waals surface area contributed by atoms with Crippen LogP contribution in [0.5, 0.6) is 0 Å². The van der Waals surface area contributed by atoms with Gasteiger partial charge in [-0.15, -0.1) is 0 Å². The van der Waals surface area contributed by atoms with E-state index < -0.39 is 0 Å². The topological polar surface area (TPSA) is 71.2 Å². The fourth-order valence-electron chi connectivity index (χ4n) is 4.26. The summed E-state index contributed by atoms with van der Waals surface area (Å²) in [5, 5.41) is 4.60. The largest absolute Gasteiger partial charge is 0.461 e. The van der Waals surface area contributed by atoms with E-state index in [1.54, 1.807) is 4.68 Å². The zero-order valence-electron chi connectivity index (χ0n) is 18.6. The number of nitrogens with zero attached hydrogens (tertiary/aromatic N) is 4. The van der Waals surface area contributed by atoms with Gasteiger partial charge < -0.3 is 14.0 Å². The average Bonchev–Trinajstić information content (AvgIpc) is 3.32.